The maximum atomic E-state index is 10.2. The van der Waals surface area contributed by atoms with E-state index >= 15 is 0 Å². The molecule has 0 aliphatic heterocycles. The van der Waals surface area contributed by atoms with Crippen molar-refractivity contribution in [1.29, 1.82) is 0 Å². The number of hydrogen-bond acceptors (Lipinski definition) is 1. The first-order valence-electron chi connectivity index (χ1n) is 6.34. The highest BCUT2D eigenvalue weighted by atomic mass is 16.3. The van der Waals surface area contributed by atoms with Crippen LogP contribution in [0.4, 0.5) is 0 Å². The van der Waals surface area contributed by atoms with Crippen LogP contribution < -0.4 is 0 Å². The van der Waals surface area contributed by atoms with Gasteiger partial charge in [-0.05, 0) is 40.9 Å². The van der Waals surface area contributed by atoms with Crippen molar-refractivity contribution < 1.29 is 5.11 Å². The molecule has 0 heterocycles. The number of hydrogen-bond donors (Lipinski definition) is 1. The Balaban J connectivity index is 3.26. The Hall–Kier alpha value is -0.980. The molecule has 0 unspecified atom stereocenters. The van der Waals surface area contributed by atoms with E-state index in [0.717, 1.165) is 17.5 Å². The van der Waals surface area contributed by atoms with E-state index in [4.69, 9.17) is 0 Å². The average molecular weight is 234 g/mol. The topological polar surface area (TPSA) is 20.2 Å². The molecule has 1 N–H and O–H groups in total. The average Bonchev–Trinajstić information content (AvgIpc) is 2.08. The van der Waals surface area contributed by atoms with E-state index in [0.29, 0.717) is 5.75 Å². The van der Waals surface area contributed by atoms with Crippen molar-refractivity contribution >= 4 is 0 Å². The van der Waals surface area contributed by atoms with E-state index in [1.807, 2.05) is 6.92 Å². The molecule has 0 aliphatic carbocycles. The lowest BCUT2D eigenvalue weighted by Gasteiger charge is -2.24. The van der Waals surface area contributed by atoms with Crippen molar-refractivity contribution in [3.63, 3.8) is 0 Å². The number of phenolic OH excluding ortho intramolecular Hbond substituents is 1. The van der Waals surface area contributed by atoms with Gasteiger partial charge in [0.25, 0.3) is 0 Å². The van der Waals surface area contributed by atoms with Gasteiger partial charge in [0.05, 0.1) is 0 Å². The van der Waals surface area contributed by atoms with Crippen LogP contribution in [0.25, 0.3) is 0 Å². The second-order valence-electron chi connectivity index (χ2n) is 7.29. The molecule has 1 rings (SSSR count). The quantitative estimate of drug-likeness (QED) is 0.753. The van der Waals surface area contributed by atoms with Gasteiger partial charge in [0.15, 0.2) is 0 Å². The second kappa shape index (κ2) is 4.36. The predicted molar refractivity (Wildman–Crippen MR) is 74.7 cm³/mol. The zero-order valence-corrected chi connectivity index (χ0v) is 12.3. The summed E-state index contributed by atoms with van der Waals surface area (Å²) in [6.45, 7) is 15.2. The SMILES string of the molecule is Cc1cc(C(C)(C)C)cc(CC(C)(C)C)c1O. The van der Waals surface area contributed by atoms with Crippen LogP contribution >= 0.6 is 0 Å². The number of aryl methyl sites for hydroxylation is 1. The van der Waals surface area contributed by atoms with Crippen molar-refractivity contribution in [2.45, 2.75) is 60.3 Å². The minimum Gasteiger partial charge on any atom is -0.507 e. The van der Waals surface area contributed by atoms with Crippen molar-refractivity contribution in [3.05, 3.63) is 28.8 Å². The Morgan fingerprint density at radius 2 is 1.53 bits per heavy atom. The van der Waals surface area contributed by atoms with Gasteiger partial charge in [-0.1, -0.05) is 53.7 Å². The molecule has 0 radical (unpaired) electrons. The number of phenols is 1. The van der Waals surface area contributed by atoms with E-state index in [1.165, 1.54) is 5.56 Å². The second-order valence-corrected chi connectivity index (χ2v) is 7.29. The van der Waals surface area contributed by atoms with E-state index in [-0.39, 0.29) is 10.8 Å². The zero-order chi connectivity index (χ0) is 13.4. The Bertz CT molecular complexity index is 403. The number of rotatable bonds is 1. The molecule has 96 valence electrons. The third-order valence-electron chi connectivity index (χ3n) is 2.97. The summed E-state index contributed by atoms with van der Waals surface area (Å²) >= 11 is 0. The number of benzene rings is 1. The Morgan fingerprint density at radius 3 is 1.94 bits per heavy atom. The van der Waals surface area contributed by atoms with Crippen molar-refractivity contribution in [1.82, 2.24) is 0 Å². The molecule has 17 heavy (non-hydrogen) atoms. The Kier molecular flexibility index (Phi) is 3.61. The van der Waals surface area contributed by atoms with Gasteiger partial charge in [0.2, 0.25) is 0 Å². The fourth-order valence-electron chi connectivity index (χ4n) is 1.99. The molecule has 1 nitrogen and oxygen atoms in total. The van der Waals surface area contributed by atoms with Crippen molar-refractivity contribution in [3.8, 4) is 5.75 Å². The molecule has 1 aromatic carbocycles. The summed E-state index contributed by atoms with van der Waals surface area (Å²) in [6, 6.07) is 4.26. The molecule has 0 saturated heterocycles. The van der Waals surface area contributed by atoms with Crippen LogP contribution in [0.3, 0.4) is 0 Å². The summed E-state index contributed by atoms with van der Waals surface area (Å²) in [5.41, 5.74) is 3.68. The molecule has 0 saturated carbocycles. The molecule has 0 aliphatic rings. The third-order valence-corrected chi connectivity index (χ3v) is 2.97. The highest BCUT2D eigenvalue weighted by Gasteiger charge is 2.20. The molecule has 0 atom stereocenters. The summed E-state index contributed by atoms with van der Waals surface area (Å²) in [5, 5.41) is 10.2. The van der Waals surface area contributed by atoms with E-state index in [1.54, 1.807) is 0 Å². The lowest BCUT2D eigenvalue weighted by Crippen LogP contribution is -2.14. The van der Waals surface area contributed by atoms with Gasteiger partial charge in [0.1, 0.15) is 5.75 Å². The van der Waals surface area contributed by atoms with Gasteiger partial charge in [-0.15, -0.1) is 0 Å². The lowest BCUT2D eigenvalue weighted by atomic mass is 9.81. The minimum atomic E-state index is 0.130. The molecule has 1 heteroatoms. The molecule has 0 fully saturated rings. The van der Waals surface area contributed by atoms with Gasteiger partial charge < -0.3 is 5.11 Å². The molecule has 0 spiro atoms. The van der Waals surface area contributed by atoms with Gasteiger partial charge >= 0.3 is 0 Å². The highest BCUT2D eigenvalue weighted by molar-refractivity contribution is 5.45. The van der Waals surface area contributed by atoms with Gasteiger partial charge in [-0.2, -0.15) is 0 Å². The summed E-state index contributed by atoms with van der Waals surface area (Å²) in [4.78, 5) is 0. The first kappa shape index (κ1) is 14.1. The smallest absolute Gasteiger partial charge is 0.121 e. The summed E-state index contributed by atoms with van der Waals surface area (Å²) in [5.74, 6) is 0.466. The fourth-order valence-corrected chi connectivity index (χ4v) is 1.99. The standard InChI is InChI=1S/C16H26O/c1-11-8-13(16(5,6)7)9-12(14(11)17)10-15(2,3)4/h8-9,17H,10H2,1-7H3. The molecule has 1 aromatic rings. The van der Waals surface area contributed by atoms with E-state index < -0.39 is 0 Å². The monoisotopic (exact) mass is 234 g/mol. The maximum Gasteiger partial charge on any atom is 0.121 e. The molecule has 0 aromatic heterocycles. The van der Waals surface area contributed by atoms with Crippen LogP contribution in [-0.2, 0) is 11.8 Å². The Morgan fingerprint density at radius 1 is 1.00 bits per heavy atom. The van der Waals surface area contributed by atoms with Crippen LogP contribution in [0.15, 0.2) is 12.1 Å². The van der Waals surface area contributed by atoms with Gasteiger partial charge in [-0.25, -0.2) is 0 Å². The molecular weight excluding hydrogens is 208 g/mol. The lowest BCUT2D eigenvalue weighted by molar-refractivity contribution is 0.392. The summed E-state index contributed by atoms with van der Waals surface area (Å²) in [6.07, 6.45) is 0.906. The van der Waals surface area contributed by atoms with Gasteiger partial charge in [0, 0.05) is 0 Å². The van der Waals surface area contributed by atoms with Crippen LogP contribution in [0.2, 0.25) is 0 Å². The first-order valence-corrected chi connectivity index (χ1v) is 6.34. The largest absolute Gasteiger partial charge is 0.507 e. The predicted octanol–water partition coefficient (Wildman–Crippen LogP) is 4.59. The Labute approximate surface area is 106 Å². The van der Waals surface area contributed by atoms with Crippen molar-refractivity contribution in [2.75, 3.05) is 0 Å². The zero-order valence-electron chi connectivity index (χ0n) is 12.3. The molecule has 0 amide bonds. The van der Waals surface area contributed by atoms with E-state index in [9.17, 15) is 5.11 Å². The minimum absolute atomic E-state index is 0.130. The van der Waals surface area contributed by atoms with Gasteiger partial charge in [-0.3, -0.25) is 0 Å². The summed E-state index contributed by atoms with van der Waals surface area (Å²) < 4.78 is 0. The van der Waals surface area contributed by atoms with Crippen LogP contribution in [-0.4, -0.2) is 5.11 Å². The normalized spacial score (nSPS) is 12.9. The highest BCUT2D eigenvalue weighted by Crippen LogP contribution is 2.34. The first-order chi connectivity index (χ1) is 7.50. The third kappa shape index (κ3) is 3.76. The van der Waals surface area contributed by atoms with Crippen molar-refractivity contribution in [2.24, 2.45) is 5.41 Å². The van der Waals surface area contributed by atoms with E-state index in [2.05, 4.69) is 53.7 Å². The fraction of sp³-hybridized carbons (Fsp3) is 0.625. The number of aromatic hydroxyl groups is 1. The molecule has 0 bridgehead atoms. The molecular formula is C16H26O. The van der Waals surface area contributed by atoms with Crippen LogP contribution in [0, 0.1) is 12.3 Å². The van der Waals surface area contributed by atoms with Crippen LogP contribution in [0.1, 0.15) is 58.2 Å². The summed E-state index contributed by atoms with van der Waals surface area (Å²) in [7, 11) is 0. The maximum absolute atomic E-state index is 10.2. The van der Waals surface area contributed by atoms with Crippen LogP contribution in [0.5, 0.6) is 5.75 Å².